The second-order valence-electron chi connectivity index (χ2n) is 3.85. The van der Waals surface area contributed by atoms with Gasteiger partial charge in [-0.25, -0.2) is 0 Å². The summed E-state index contributed by atoms with van der Waals surface area (Å²) in [5, 5.41) is 14.2. The van der Waals surface area contributed by atoms with E-state index in [1.165, 1.54) is 11.3 Å². The molecule has 0 saturated heterocycles. The van der Waals surface area contributed by atoms with E-state index in [0.29, 0.717) is 16.8 Å². The molecule has 3 heterocycles. The quantitative estimate of drug-likeness (QED) is 0.550. The second-order valence-corrected chi connectivity index (χ2v) is 7.15. The van der Waals surface area contributed by atoms with Crippen LogP contribution in [0.25, 0.3) is 10.7 Å². The molecule has 104 valence electrons. The maximum Gasteiger partial charge on any atom is 0.227 e. The third-order valence-electron chi connectivity index (χ3n) is 2.39. The molecule has 0 amide bonds. The van der Waals surface area contributed by atoms with Gasteiger partial charge in [0.15, 0.2) is 4.34 Å². The Morgan fingerprint density at radius 3 is 3.05 bits per heavy atom. The van der Waals surface area contributed by atoms with Gasteiger partial charge < -0.3 is 10.3 Å². The van der Waals surface area contributed by atoms with Crippen molar-refractivity contribution in [3.63, 3.8) is 0 Å². The summed E-state index contributed by atoms with van der Waals surface area (Å²) in [5.41, 5.74) is 5.52. The van der Waals surface area contributed by atoms with E-state index in [-0.39, 0.29) is 0 Å². The van der Waals surface area contributed by atoms with Gasteiger partial charge in [-0.2, -0.15) is 4.98 Å². The van der Waals surface area contributed by atoms with Crippen LogP contribution in [0.4, 0.5) is 5.13 Å². The van der Waals surface area contributed by atoms with Crippen molar-refractivity contribution in [1.82, 2.24) is 20.3 Å². The van der Waals surface area contributed by atoms with E-state index in [4.69, 9.17) is 10.3 Å². The Morgan fingerprint density at radius 2 is 2.30 bits per heavy atom. The van der Waals surface area contributed by atoms with E-state index in [2.05, 4.69) is 20.3 Å². The maximum atomic E-state index is 5.52. The minimum Gasteiger partial charge on any atom is -0.374 e. The smallest absolute Gasteiger partial charge is 0.227 e. The van der Waals surface area contributed by atoms with Crippen LogP contribution in [0.5, 0.6) is 0 Å². The lowest BCUT2D eigenvalue weighted by atomic mass is 10.3. The predicted octanol–water partition coefficient (Wildman–Crippen LogP) is 2.96. The van der Waals surface area contributed by atoms with Crippen molar-refractivity contribution in [1.29, 1.82) is 0 Å². The fourth-order valence-electron chi connectivity index (χ4n) is 1.52. The number of hydrogen-bond donors (Lipinski definition) is 1. The molecule has 0 unspecified atom stereocenters. The highest BCUT2D eigenvalue weighted by molar-refractivity contribution is 8.01. The number of nitrogen functional groups attached to an aromatic ring is 1. The third kappa shape index (κ3) is 3.35. The number of anilines is 1. The number of hydrogen-bond acceptors (Lipinski definition) is 9. The normalized spacial score (nSPS) is 11.0. The first-order valence-electron chi connectivity index (χ1n) is 5.89. The Bertz CT molecular complexity index is 663. The number of nitrogens with zero attached hydrogens (tertiary/aromatic N) is 4. The molecule has 2 N–H and O–H groups in total. The number of thioether (sulfide) groups is 1. The van der Waals surface area contributed by atoms with Crippen LogP contribution in [0.3, 0.4) is 0 Å². The van der Waals surface area contributed by atoms with Gasteiger partial charge in [-0.3, -0.25) is 0 Å². The number of thiophene rings is 1. The zero-order chi connectivity index (χ0) is 13.8. The van der Waals surface area contributed by atoms with Crippen molar-refractivity contribution in [3.8, 4) is 10.7 Å². The van der Waals surface area contributed by atoms with Gasteiger partial charge in [-0.05, 0) is 17.9 Å². The standard InChI is InChI=1S/C11H11N5OS3/c12-10-14-15-11(20-10)19-6-2-4-8-13-9(16-17-8)7-3-1-5-18-7/h1,3,5H,2,4,6H2,(H2,12,14). The Labute approximate surface area is 127 Å². The first-order valence-corrected chi connectivity index (χ1v) is 8.57. The molecule has 0 aliphatic carbocycles. The molecule has 3 aromatic heterocycles. The van der Waals surface area contributed by atoms with Gasteiger partial charge in [0, 0.05) is 12.2 Å². The fraction of sp³-hybridized carbons (Fsp3) is 0.273. The summed E-state index contributed by atoms with van der Waals surface area (Å²) in [6, 6.07) is 3.95. The van der Waals surface area contributed by atoms with E-state index in [0.717, 1.165) is 27.8 Å². The number of nitrogens with two attached hydrogens (primary N) is 1. The van der Waals surface area contributed by atoms with E-state index in [1.54, 1.807) is 23.1 Å². The largest absolute Gasteiger partial charge is 0.374 e. The van der Waals surface area contributed by atoms with Gasteiger partial charge in [0.25, 0.3) is 0 Å². The van der Waals surface area contributed by atoms with Crippen LogP contribution in [-0.4, -0.2) is 26.1 Å². The molecule has 9 heteroatoms. The first kappa shape index (κ1) is 13.5. The molecule has 0 aromatic carbocycles. The Kier molecular flexibility index (Phi) is 4.28. The summed E-state index contributed by atoms with van der Waals surface area (Å²) < 4.78 is 6.13. The van der Waals surface area contributed by atoms with Crippen LogP contribution in [0.2, 0.25) is 0 Å². The summed E-state index contributed by atoms with van der Waals surface area (Å²) in [6.07, 6.45) is 1.70. The summed E-state index contributed by atoms with van der Waals surface area (Å²) in [7, 11) is 0. The van der Waals surface area contributed by atoms with E-state index in [1.807, 2.05) is 17.5 Å². The molecule has 0 aliphatic heterocycles. The van der Waals surface area contributed by atoms with Crippen LogP contribution >= 0.6 is 34.4 Å². The van der Waals surface area contributed by atoms with Gasteiger partial charge in [0.2, 0.25) is 16.8 Å². The average Bonchev–Trinajstić information content (AvgIpc) is 3.16. The van der Waals surface area contributed by atoms with Crippen LogP contribution < -0.4 is 5.73 Å². The van der Waals surface area contributed by atoms with Crippen molar-refractivity contribution < 1.29 is 4.52 Å². The van der Waals surface area contributed by atoms with E-state index in [9.17, 15) is 0 Å². The summed E-state index contributed by atoms with van der Waals surface area (Å²) in [5.74, 6) is 2.26. The van der Waals surface area contributed by atoms with Crippen molar-refractivity contribution >= 4 is 39.6 Å². The first-order chi connectivity index (χ1) is 9.81. The van der Waals surface area contributed by atoms with Crippen LogP contribution in [0.1, 0.15) is 12.3 Å². The zero-order valence-corrected chi connectivity index (χ0v) is 12.8. The molecular weight excluding hydrogens is 314 g/mol. The van der Waals surface area contributed by atoms with Crippen LogP contribution in [0, 0.1) is 0 Å². The molecular formula is C11H11N5OS3. The lowest BCUT2D eigenvalue weighted by Crippen LogP contribution is -1.88. The van der Waals surface area contributed by atoms with Gasteiger partial charge >= 0.3 is 0 Å². The molecule has 20 heavy (non-hydrogen) atoms. The summed E-state index contributed by atoms with van der Waals surface area (Å²) in [4.78, 5) is 5.41. The second kappa shape index (κ2) is 6.33. The lowest BCUT2D eigenvalue weighted by molar-refractivity contribution is 0.378. The fourth-order valence-corrected chi connectivity index (χ4v) is 3.82. The lowest BCUT2D eigenvalue weighted by Gasteiger charge is -1.94. The highest BCUT2D eigenvalue weighted by Crippen LogP contribution is 2.25. The third-order valence-corrected chi connectivity index (χ3v) is 5.23. The average molecular weight is 325 g/mol. The predicted molar refractivity (Wildman–Crippen MR) is 81.0 cm³/mol. The van der Waals surface area contributed by atoms with Crippen molar-refractivity contribution in [2.45, 2.75) is 17.2 Å². The van der Waals surface area contributed by atoms with Crippen molar-refractivity contribution in [3.05, 3.63) is 23.4 Å². The van der Waals surface area contributed by atoms with Gasteiger partial charge in [0.05, 0.1) is 4.88 Å². The SMILES string of the molecule is Nc1nnc(SCCCc2nc(-c3cccs3)no2)s1. The molecule has 0 bridgehead atoms. The van der Waals surface area contributed by atoms with Gasteiger partial charge in [0.1, 0.15) is 0 Å². The molecule has 0 radical (unpaired) electrons. The minimum absolute atomic E-state index is 0.505. The monoisotopic (exact) mass is 325 g/mol. The molecule has 3 rings (SSSR count). The van der Waals surface area contributed by atoms with Crippen LogP contribution in [0.15, 0.2) is 26.4 Å². The topological polar surface area (TPSA) is 90.7 Å². The Hall–Kier alpha value is -1.45. The molecule has 0 saturated carbocycles. The molecule has 6 nitrogen and oxygen atoms in total. The van der Waals surface area contributed by atoms with Crippen LogP contribution in [-0.2, 0) is 6.42 Å². The highest BCUT2D eigenvalue weighted by atomic mass is 32.2. The molecule has 0 spiro atoms. The molecule has 3 aromatic rings. The Balaban J connectivity index is 1.47. The van der Waals surface area contributed by atoms with E-state index >= 15 is 0 Å². The molecule has 0 aliphatic rings. The molecule has 0 atom stereocenters. The number of aromatic nitrogens is 4. The number of rotatable bonds is 6. The number of aryl methyl sites for hydroxylation is 1. The highest BCUT2D eigenvalue weighted by Gasteiger charge is 2.09. The Morgan fingerprint density at radius 1 is 1.35 bits per heavy atom. The maximum absolute atomic E-state index is 5.52. The minimum atomic E-state index is 0.505. The zero-order valence-electron chi connectivity index (χ0n) is 10.4. The van der Waals surface area contributed by atoms with Crippen molar-refractivity contribution in [2.75, 3.05) is 11.5 Å². The summed E-state index contributed by atoms with van der Waals surface area (Å²) >= 11 is 4.65. The molecule has 0 fully saturated rings. The van der Waals surface area contributed by atoms with Gasteiger partial charge in [-0.1, -0.05) is 34.3 Å². The van der Waals surface area contributed by atoms with Gasteiger partial charge in [-0.15, -0.1) is 21.5 Å². The summed E-state index contributed by atoms with van der Waals surface area (Å²) in [6.45, 7) is 0. The van der Waals surface area contributed by atoms with E-state index < -0.39 is 0 Å². The van der Waals surface area contributed by atoms with Crippen molar-refractivity contribution in [2.24, 2.45) is 0 Å².